The SMILES string of the molecule is C/C=C/C=C/C(=O)NCCNS(=O)(=O)c1ccc(C)cc1. The van der Waals surface area contributed by atoms with Crippen molar-refractivity contribution in [1.29, 1.82) is 0 Å². The molecular weight excluding hydrogens is 288 g/mol. The Morgan fingerprint density at radius 1 is 1.14 bits per heavy atom. The highest BCUT2D eigenvalue weighted by molar-refractivity contribution is 7.89. The third-order valence-electron chi connectivity index (χ3n) is 2.60. The number of rotatable bonds is 7. The molecule has 6 heteroatoms. The molecule has 0 aliphatic carbocycles. The first-order chi connectivity index (χ1) is 9.95. The number of hydrogen-bond acceptors (Lipinski definition) is 3. The smallest absolute Gasteiger partial charge is 0.244 e. The van der Waals surface area contributed by atoms with E-state index in [4.69, 9.17) is 0 Å². The monoisotopic (exact) mass is 308 g/mol. The van der Waals surface area contributed by atoms with Gasteiger partial charge in [-0.3, -0.25) is 4.79 Å². The zero-order valence-electron chi connectivity index (χ0n) is 12.2. The Bertz CT molecular complexity index is 617. The molecule has 0 aromatic heterocycles. The molecule has 1 amide bonds. The first kappa shape index (κ1) is 17.1. The number of benzene rings is 1. The van der Waals surface area contributed by atoms with Crippen molar-refractivity contribution in [1.82, 2.24) is 10.0 Å². The lowest BCUT2D eigenvalue weighted by Crippen LogP contribution is -2.34. The lowest BCUT2D eigenvalue weighted by Gasteiger charge is -2.07. The number of hydrogen-bond donors (Lipinski definition) is 2. The molecule has 1 rings (SSSR count). The van der Waals surface area contributed by atoms with Crippen LogP contribution in [0.2, 0.25) is 0 Å². The zero-order valence-corrected chi connectivity index (χ0v) is 13.0. The first-order valence-corrected chi connectivity index (χ1v) is 8.07. The second kappa shape index (κ2) is 8.39. The highest BCUT2D eigenvalue weighted by Crippen LogP contribution is 2.09. The van der Waals surface area contributed by atoms with Crippen molar-refractivity contribution in [2.75, 3.05) is 13.1 Å². The van der Waals surface area contributed by atoms with Gasteiger partial charge in [0, 0.05) is 19.2 Å². The van der Waals surface area contributed by atoms with Crippen molar-refractivity contribution < 1.29 is 13.2 Å². The van der Waals surface area contributed by atoms with Crippen LogP contribution in [0.3, 0.4) is 0 Å². The summed E-state index contributed by atoms with van der Waals surface area (Å²) in [5.74, 6) is -0.261. The van der Waals surface area contributed by atoms with Gasteiger partial charge >= 0.3 is 0 Å². The third kappa shape index (κ3) is 6.37. The Labute approximate surface area is 125 Å². The molecule has 0 saturated heterocycles. The highest BCUT2D eigenvalue weighted by atomic mass is 32.2. The van der Waals surface area contributed by atoms with Crippen molar-refractivity contribution >= 4 is 15.9 Å². The minimum Gasteiger partial charge on any atom is -0.351 e. The van der Waals surface area contributed by atoms with Crippen LogP contribution in [0.1, 0.15) is 12.5 Å². The predicted molar refractivity (Wildman–Crippen MR) is 83.3 cm³/mol. The molecule has 0 bridgehead atoms. The van der Waals surface area contributed by atoms with E-state index in [-0.39, 0.29) is 23.9 Å². The maximum Gasteiger partial charge on any atom is 0.244 e. The molecule has 0 heterocycles. The fraction of sp³-hybridized carbons (Fsp3) is 0.267. The van der Waals surface area contributed by atoms with Crippen LogP contribution in [0.15, 0.2) is 53.5 Å². The van der Waals surface area contributed by atoms with E-state index in [1.807, 2.05) is 13.8 Å². The second-order valence-electron chi connectivity index (χ2n) is 4.39. The minimum absolute atomic E-state index is 0.138. The summed E-state index contributed by atoms with van der Waals surface area (Å²) in [5, 5.41) is 2.59. The molecule has 0 fully saturated rings. The molecule has 114 valence electrons. The average molecular weight is 308 g/mol. The van der Waals surface area contributed by atoms with Gasteiger partial charge in [-0.2, -0.15) is 0 Å². The van der Waals surface area contributed by atoms with Gasteiger partial charge in [0.25, 0.3) is 0 Å². The van der Waals surface area contributed by atoms with Gasteiger partial charge in [0.1, 0.15) is 0 Å². The van der Waals surface area contributed by atoms with Gasteiger partial charge in [0.05, 0.1) is 4.90 Å². The summed E-state index contributed by atoms with van der Waals surface area (Å²) in [6.07, 6.45) is 6.54. The van der Waals surface area contributed by atoms with Gasteiger partial charge in [-0.1, -0.05) is 35.9 Å². The molecule has 0 spiro atoms. The molecule has 0 aliphatic heterocycles. The van der Waals surface area contributed by atoms with Crippen molar-refractivity contribution in [3.05, 3.63) is 54.1 Å². The van der Waals surface area contributed by atoms with E-state index in [1.54, 1.807) is 42.5 Å². The number of amides is 1. The first-order valence-electron chi connectivity index (χ1n) is 6.59. The maximum absolute atomic E-state index is 12.0. The standard InChI is InChI=1S/C15H20N2O3S/c1-3-4-5-6-15(18)16-11-12-17-21(19,20)14-9-7-13(2)8-10-14/h3-10,17H,11-12H2,1-2H3,(H,16,18)/b4-3+,6-5+. The van der Waals surface area contributed by atoms with Gasteiger partial charge in [-0.15, -0.1) is 0 Å². The van der Waals surface area contributed by atoms with Crippen molar-refractivity contribution in [2.24, 2.45) is 0 Å². The maximum atomic E-state index is 12.0. The third-order valence-corrected chi connectivity index (χ3v) is 4.08. The molecule has 5 nitrogen and oxygen atoms in total. The topological polar surface area (TPSA) is 75.3 Å². The van der Waals surface area contributed by atoms with Gasteiger partial charge < -0.3 is 5.32 Å². The normalized spacial score (nSPS) is 12.1. The van der Waals surface area contributed by atoms with Crippen LogP contribution in [-0.2, 0) is 14.8 Å². The highest BCUT2D eigenvalue weighted by Gasteiger charge is 2.12. The zero-order chi connectivity index (χ0) is 15.7. The number of sulfonamides is 1. The Hall–Kier alpha value is -1.92. The van der Waals surface area contributed by atoms with E-state index in [0.717, 1.165) is 5.56 Å². The molecule has 1 aromatic rings. The Balaban J connectivity index is 2.41. The quantitative estimate of drug-likeness (QED) is 0.455. The van der Waals surface area contributed by atoms with E-state index < -0.39 is 10.0 Å². The number of carbonyl (C=O) groups is 1. The molecule has 1 aromatic carbocycles. The van der Waals surface area contributed by atoms with Crippen LogP contribution in [0.5, 0.6) is 0 Å². The second-order valence-corrected chi connectivity index (χ2v) is 6.15. The van der Waals surface area contributed by atoms with Crippen LogP contribution in [0.4, 0.5) is 0 Å². The summed E-state index contributed by atoms with van der Waals surface area (Å²) in [6.45, 7) is 4.10. The Morgan fingerprint density at radius 3 is 2.43 bits per heavy atom. The fourth-order valence-electron chi connectivity index (χ4n) is 1.48. The lowest BCUT2D eigenvalue weighted by atomic mass is 10.2. The lowest BCUT2D eigenvalue weighted by molar-refractivity contribution is -0.116. The molecule has 0 radical (unpaired) electrons. The van der Waals surface area contributed by atoms with Crippen LogP contribution < -0.4 is 10.0 Å². The molecule has 0 aliphatic rings. The molecule has 0 unspecified atom stereocenters. The molecule has 21 heavy (non-hydrogen) atoms. The summed E-state index contributed by atoms with van der Waals surface area (Å²) in [6, 6.07) is 6.58. The summed E-state index contributed by atoms with van der Waals surface area (Å²) < 4.78 is 26.3. The largest absolute Gasteiger partial charge is 0.351 e. The van der Waals surface area contributed by atoms with E-state index in [2.05, 4.69) is 10.0 Å². The average Bonchev–Trinajstić information content (AvgIpc) is 2.44. The van der Waals surface area contributed by atoms with Crippen LogP contribution >= 0.6 is 0 Å². The Morgan fingerprint density at radius 2 is 1.81 bits per heavy atom. The van der Waals surface area contributed by atoms with Crippen LogP contribution in [0, 0.1) is 6.92 Å². The van der Waals surface area contributed by atoms with Crippen molar-refractivity contribution in [3.8, 4) is 0 Å². The van der Waals surface area contributed by atoms with E-state index in [1.165, 1.54) is 6.08 Å². The Kier molecular flexibility index (Phi) is 6.84. The molecule has 0 atom stereocenters. The van der Waals surface area contributed by atoms with Gasteiger partial charge in [0.2, 0.25) is 15.9 Å². The summed E-state index contributed by atoms with van der Waals surface area (Å²) in [4.78, 5) is 11.6. The van der Waals surface area contributed by atoms with Crippen LogP contribution in [0.25, 0.3) is 0 Å². The van der Waals surface area contributed by atoms with Gasteiger partial charge in [0.15, 0.2) is 0 Å². The van der Waals surface area contributed by atoms with Crippen molar-refractivity contribution in [2.45, 2.75) is 18.7 Å². The number of carbonyl (C=O) groups excluding carboxylic acids is 1. The number of aryl methyl sites for hydroxylation is 1. The molecular formula is C15H20N2O3S. The fourth-order valence-corrected chi connectivity index (χ4v) is 2.52. The summed E-state index contributed by atoms with van der Waals surface area (Å²) in [5.41, 5.74) is 0.995. The number of nitrogens with one attached hydrogen (secondary N) is 2. The summed E-state index contributed by atoms with van der Waals surface area (Å²) >= 11 is 0. The van der Waals surface area contributed by atoms with E-state index in [9.17, 15) is 13.2 Å². The van der Waals surface area contributed by atoms with Gasteiger partial charge in [-0.05, 0) is 26.0 Å². The summed E-state index contributed by atoms with van der Waals surface area (Å²) in [7, 11) is -3.53. The minimum atomic E-state index is -3.53. The van der Waals surface area contributed by atoms with Crippen LogP contribution in [-0.4, -0.2) is 27.4 Å². The molecule has 0 saturated carbocycles. The van der Waals surface area contributed by atoms with Crippen molar-refractivity contribution in [3.63, 3.8) is 0 Å². The van der Waals surface area contributed by atoms with E-state index in [0.29, 0.717) is 0 Å². The van der Waals surface area contributed by atoms with E-state index >= 15 is 0 Å². The number of allylic oxidation sites excluding steroid dienone is 3. The predicted octanol–water partition coefficient (Wildman–Crippen LogP) is 1.52. The molecule has 2 N–H and O–H groups in total. The van der Waals surface area contributed by atoms with Gasteiger partial charge in [-0.25, -0.2) is 13.1 Å².